The fourth-order valence-electron chi connectivity index (χ4n) is 1.69. The van der Waals surface area contributed by atoms with Crippen LogP contribution in [0.25, 0.3) is 0 Å². The molecular formula is C11H16N2O3S. The first-order valence-corrected chi connectivity index (χ1v) is 7.16. The average molecular weight is 256 g/mol. The number of nitrogens with two attached hydrogens (primary N) is 1. The van der Waals surface area contributed by atoms with E-state index in [2.05, 4.69) is 0 Å². The van der Waals surface area contributed by atoms with Gasteiger partial charge in [0, 0.05) is 12.2 Å². The van der Waals surface area contributed by atoms with Gasteiger partial charge in [-0.2, -0.15) is 0 Å². The molecule has 0 radical (unpaired) electrons. The van der Waals surface area contributed by atoms with Crippen LogP contribution >= 0.6 is 0 Å². The Morgan fingerprint density at radius 3 is 2.53 bits per heavy atom. The van der Waals surface area contributed by atoms with Crippen LogP contribution in [0.2, 0.25) is 0 Å². The molecule has 2 rings (SSSR count). The molecule has 1 saturated heterocycles. The number of nitrogens with zero attached hydrogens (tertiary/aromatic N) is 1. The number of hydrogen-bond acceptors (Lipinski definition) is 4. The molecule has 0 spiro atoms. The second-order valence-corrected chi connectivity index (χ2v) is 5.92. The first-order chi connectivity index (χ1) is 8.08. The van der Waals surface area contributed by atoms with Crippen LogP contribution in [0, 0.1) is 0 Å². The maximum absolute atomic E-state index is 12.0. The van der Waals surface area contributed by atoms with Crippen molar-refractivity contribution >= 4 is 15.7 Å². The lowest BCUT2D eigenvalue weighted by Crippen LogP contribution is -2.36. The number of sulfonamides is 1. The first-order valence-electron chi connectivity index (χ1n) is 5.56. The fraction of sp³-hybridized carbons (Fsp3) is 0.455. The van der Waals surface area contributed by atoms with Crippen molar-refractivity contribution in [3.8, 4) is 0 Å². The Hall–Kier alpha value is -1.11. The van der Waals surface area contributed by atoms with Gasteiger partial charge in [0.15, 0.2) is 0 Å². The van der Waals surface area contributed by atoms with Gasteiger partial charge in [-0.3, -0.25) is 4.84 Å². The van der Waals surface area contributed by atoms with Crippen molar-refractivity contribution in [2.75, 3.05) is 18.9 Å². The molecule has 6 heteroatoms. The van der Waals surface area contributed by atoms with Crippen molar-refractivity contribution in [3.63, 3.8) is 0 Å². The van der Waals surface area contributed by atoms with Crippen LogP contribution in [0.4, 0.5) is 5.69 Å². The molecule has 1 aromatic rings. The Labute approximate surface area is 101 Å². The summed E-state index contributed by atoms with van der Waals surface area (Å²) in [6, 6.07) is 6.83. The standard InChI is InChI=1S/C11H16N2O3S/c12-11-5-3-10(4-6-11)9-17(14,15)13-7-1-2-8-16-13/h3-6H,1-2,7-9,12H2. The molecule has 0 atom stereocenters. The Morgan fingerprint density at radius 2 is 1.94 bits per heavy atom. The lowest BCUT2D eigenvalue weighted by molar-refractivity contribution is -0.109. The fourth-order valence-corrected chi connectivity index (χ4v) is 3.09. The smallest absolute Gasteiger partial charge is 0.240 e. The van der Waals surface area contributed by atoms with Gasteiger partial charge in [-0.05, 0) is 30.5 Å². The van der Waals surface area contributed by atoms with Crippen LogP contribution in [-0.4, -0.2) is 26.0 Å². The van der Waals surface area contributed by atoms with Crippen molar-refractivity contribution in [2.24, 2.45) is 0 Å². The summed E-state index contributed by atoms with van der Waals surface area (Å²) in [5.41, 5.74) is 6.89. The van der Waals surface area contributed by atoms with Crippen LogP contribution in [0.15, 0.2) is 24.3 Å². The largest absolute Gasteiger partial charge is 0.399 e. The van der Waals surface area contributed by atoms with Crippen LogP contribution in [0.3, 0.4) is 0 Å². The summed E-state index contributed by atoms with van der Waals surface area (Å²) in [5, 5.41) is 0. The van der Waals surface area contributed by atoms with E-state index < -0.39 is 10.0 Å². The molecule has 1 fully saturated rings. The molecule has 0 bridgehead atoms. The number of hydrogen-bond donors (Lipinski definition) is 1. The Balaban J connectivity index is 2.08. The lowest BCUT2D eigenvalue weighted by Gasteiger charge is -2.25. The van der Waals surface area contributed by atoms with Crippen molar-refractivity contribution in [3.05, 3.63) is 29.8 Å². The molecule has 2 N–H and O–H groups in total. The van der Waals surface area contributed by atoms with E-state index in [1.165, 1.54) is 0 Å². The normalized spacial score (nSPS) is 18.1. The molecule has 0 unspecified atom stereocenters. The number of anilines is 1. The highest BCUT2D eigenvalue weighted by Crippen LogP contribution is 2.16. The van der Waals surface area contributed by atoms with Gasteiger partial charge in [-0.1, -0.05) is 16.6 Å². The monoisotopic (exact) mass is 256 g/mol. The molecule has 1 aliphatic heterocycles. The molecule has 94 valence electrons. The first kappa shape index (κ1) is 12.3. The summed E-state index contributed by atoms with van der Waals surface area (Å²) in [7, 11) is -3.38. The van der Waals surface area contributed by atoms with Crippen LogP contribution in [0.1, 0.15) is 18.4 Å². The summed E-state index contributed by atoms with van der Waals surface area (Å²) >= 11 is 0. The van der Waals surface area contributed by atoms with E-state index in [0.29, 0.717) is 24.4 Å². The van der Waals surface area contributed by atoms with Crippen molar-refractivity contribution in [2.45, 2.75) is 18.6 Å². The van der Waals surface area contributed by atoms with Crippen LogP contribution in [0.5, 0.6) is 0 Å². The van der Waals surface area contributed by atoms with Crippen LogP contribution < -0.4 is 5.73 Å². The van der Waals surface area contributed by atoms with E-state index >= 15 is 0 Å². The minimum absolute atomic E-state index is 0.0483. The van der Waals surface area contributed by atoms with E-state index in [-0.39, 0.29) is 5.75 Å². The third-order valence-electron chi connectivity index (χ3n) is 2.61. The number of rotatable bonds is 3. The SMILES string of the molecule is Nc1ccc(CS(=O)(=O)N2CCCCO2)cc1. The molecule has 0 aromatic heterocycles. The molecular weight excluding hydrogens is 240 g/mol. The van der Waals surface area contributed by atoms with Crippen molar-refractivity contribution in [1.29, 1.82) is 0 Å². The lowest BCUT2D eigenvalue weighted by atomic mass is 10.2. The third kappa shape index (κ3) is 3.18. The molecule has 1 heterocycles. The molecule has 1 aliphatic rings. The Kier molecular flexibility index (Phi) is 3.66. The summed E-state index contributed by atoms with van der Waals surface area (Å²) in [6.45, 7) is 0.915. The topological polar surface area (TPSA) is 72.6 Å². The zero-order chi connectivity index (χ0) is 12.3. The third-order valence-corrected chi connectivity index (χ3v) is 4.22. The highest BCUT2D eigenvalue weighted by Gasteiger charge is 2.25. The van der Waals surface area contributed by atoms with Crippen LogP contribution in [-0.2, 0) is 20.6 Å². The summed E-state index contributed by atoms with van der Waals surface area (Å²) in [6.07, 6.45) is 1.76. The highest BCUT2D eigenvalue weighted by molar-refractivity contribution is 7.88. The molecule has 0 saturated carbocycles. The quantitative estimate of drug-likeness (QED) is 0.823. The van der Waals surface area contributed by atoms with Gasteiger partial charge in [-0.15, -0.1) is 0 Å². The predicted octanol–water partition coefficient (Wildman–Crippen LogP) is 1.13. The zero-order valence-electron chi connectivity index (χ0n) is 9.50. The van der Waals surface area contributed by atoms with Gasteiger partial charge >= 0.3 is 0 Å². The van der Waals surface area contributed by atoms with Gasteiger partial charge in [0.05, 0.1) is 12.4 Å². The summed E-state index contributed by atoms with van der Waals surface area (Å²) in [4.78, 5) is 5.16. The number of hydroxylamine groups is 1. The van der Waals surface area contributed by atoms with E-state index in [9.17, 15) is 8.42 Å². The van der Waals surface area contributed by atoms with Gasteiger partial charge < -0.3 is 5.73 Å². The van der Waals surface area contributed by atoms with E-state index in [1.807, 2.05) is 0 Å². The molecule has 0 aliphatic carbocycles. The maximum atomic E-state index is 12.0. The van der Waals surface area contributed by atoms with E-state index in [0.717, 1.165) is 17.3 Å². The second kappa shape index (κ2) is 5.03. The zero-order valence-corrected chi connectivity index (χ0v) is 10.3. The summed E-state index contributed by atoms with van der Waals surface area (Å²) < 4.78 is 25.1. The van der Waals surface area contributed by atoms with Crippen molar-refractivity contribution < 1.29 is 13.3 Å². The summed E-state index contributed by atoms with van der Waals surface area (Å²) in [5.74, 6) is -0.0483. The minimum Gasteiger partial charge on any atom is -0.399 e. The minimum atomic E-state index is -3.38. The second-order valence-electron chi connectivity index (χ2n) is 4.06. The maximum Gasteiger partial charge on any atom is 0.240 e. The van der Waals surface area contributed by atoms with E-state index in [4.69, 9.17) is 10.6 Å². The number of nitrogen functional groups attached to an aromatic ring is 1. The number of benzene rings is 1. The van der Waals surface area contributed by atoms with Gasteiger partial charge in [-0.25, -0.2) is 8.42 Å². The Morgan fingerprint density at radius 1 is 1.24 bits per heavy atom. The van der Waals surface area contributed by atoms with Gasteiger partial charge in [0.1, 0.15) is 0 Å². The molecule has 1 aromatic carbocycles. The average Bonchev–Trinajstić information content (AvgIpc) is 2.33. The van der Waals surface area contributed by atoms with E-state index in [1.54, 1.807) is 24.3 Å². The van der Waals surface area contributed by atoms with Crippen molar-refractivity contribution in [1.82, 2.24) is 4.47 Å². The molecule has 5 nitrogen and oxygen atoms in total. The highest BCUT2D eigenvalue weighted by atomic mass is 32.2. The molecule has 0 amide bonds. The molecule has 17 heavy (non-hydrogen) atoms. The Bertz CT molecular complexity index is 464. The van der Waals surface area contributed by atoms with Gasteiger partial charge in [0.25, 0.3) is 0 Å². The van der Waals surface area contributed by atoms with Gasteiger partial charge in [0.2, 0.25) is 10.0 Å². The predicted molar refractivity (Wildman–Crippen MR) is 65.4 cm³/mol.